The molecule has 2 amide bonds. The number of hydrogen-bond donors (Lipinski definition) is 0. The van der Waals surface area contributed by atoms with Crippen molar-refractivity contribution >= 4 is 51.5 Å². The summed E-state index contributed by atoms with van der Waals surface area (Å²) in [5, 5.41) is 1.74. The first-order chi connectivity index (χ1) is 15.6. The van der Waals surface area contributed by atoms with Crippen LogP contribution >= 0.6 is 11.8 Å². The quantitative estimate of drug-likeness (QED) is 0.238. The fourth-order valence-electron chi connectivity index (χ4n) is 4.03. The first-order valence-electron chi connectivity index (χ1n) is 10.2. The Labute approximate surface area is 188 Å². The summed E-state index contributed by atoms with van der Waals surface area (Å²) < 4.78 is 11.5. The van der Waals surface area contributed by atoms with Crippen LogP contribution in [0.5, 0.6) is 5.75 Å². The standard InChI is InChI=1S/C25H19NO5S/c1-32-13-12-20(26-23(27)17-7-2-3-8-18(17)24(26)28)25(29)30-15-10-11-22-19(14-15)16-6-4-5-9-21(16)31-22/h2-11,14,20H,12-13H2,1H3/t20-/m1/s1. The largest absolute Gasteiger partial charge is 0.456 e. The van der Waals surface area contributed by atoms with Crippen molar-refractivity contribution in [3.05, 3.63) is 77.9 Å². The van der Waals surface area contributed by atoms with E-state index in [9.17, 15) is 14.4 Å². The van der Waals surface area contributed by atoms with Gasteiger partial charge < -0.3 is 9.15 Å². The normalized spacial score (nSPS) is 14.2. The van der Waals surface area contributed by atoms with Gasteiger partial charge in [0.05, 0.1) is 11.1 Å². The molecule has 4 aromatic rings. The maximum atomic E-state index is 13.2. The number of hydrogen-bond acceptors (Lipinski definition) is 6. The number of amides is 2. The van der Waals surface area contributed by atoms with Gasteiger partial charge >= 0.3 is 5.97 Å². The molecule has 1 aliphatic heterocycles. The lowest BCUT2D eigenvalue weighted by molar-refractivity contribution is -0.138. The Kier molecular flexibility index (Phi) is 5.19. The molecule has 0 fully saturated rings. The predicted octanol–water partition coefficient (Wildman–Crippen LogP) is 4.91. The molecule has 0 saturated carbocycles. The zero-order chi connectivity index (χ0) is 22.2. The Morgan fingerprint density at radius 2 is 1.59 bits per heavy atom. The Hall–Kier alpha value is -3.58. The minimum absolute atomic E-state index is 0.308. The highest BCUT2D eigenvalue weighted by atomic mass is 32.2. The molecule has 0 unspecified atom stereocenters. The van der Waals surface area contributed by atoms with Crippen molar-refractivity contribution in [1.82, 2.24) is 4.90 Å². The van der Waals surface area contributed by atoms with Crippen LogP contribution in [-0.4, -0.2) is 40.7 Å². The van der Waals surface area contributed by atoms with E-state index in [4.69, 9.17) is 9.15 Å². The van der Waals surface area contributed by atoms with Gasteiger partial charge in [-0.3, -0.25) is 14.5 Å². The summed E-state index contributed by atoms with van der Waals surface area (Å²) in [7, 11) is 0. The summed E-state index contributed by atoms with van der Waals surface area (Å²) in [6.07, 6.45) is 2.21. The van der Waals surface area contributed by atoms with E-state index in [1.54, 1.807) is 42.5 Å². The van der Waals surface area contributed by atoms with Crippen LogP contribution in [0, 0.1) is 0 Å². The zero-order valence-electron chi connectivity index (χ0n) is 17.2. The van der Waals surface area contributed by atoms with Gasteiger partial charge in [0, 0.05) is 10.8 Å². The second-order valence-electron chi connectivity index (χ2n) is 7.50. The molecule has 1 atom stereocenters. The number of furan rings is 1. The van der Waals surface area contributed by atoms with Crippen molar-refractivity contribution in [2.75, 3.05) is 12.0 Å². The minimum atomic E-state index is -1.01. The molecule has 5 rings (SSSR count). The maximum absolute atomic E-state index is 13.2. The van der Waals surface area contributed by atoms with Gasteiger partial charge in [0.1, 0.15) is 23.0 Å². The molecule has 0 saturated heterocycles. The highest BCUT2D eigenvalue weighted by Gasteiger charge is 2.43. The number of carbonyl (C=O) groups is 3. The predicted molar refractivity (Wildman–Crippen MR) is 123 cm³/mol. The number of imide groups is 1. The fourth-order valence-corrected chi connectivity index (χ4v) is 4.48. The van der Waals surface area contributed by atoms with Crippen LogP contribution in [0.25, 0.3) is 21.9 Å². The van der Waals surface area contributed by atoms with Gasteiger partial charge in [-0.05, 0) is 54.8 Å². The Morgan fingerprint density at radius 3 is 2.31 bits per heavy atom. The summed E-state index contributed by atoms with van der Waals surface area (Å²) in [4.78, 5) is 40.1. The number of rotatable bonds is 6. The average Bonchev–Trinajstić information content (AvgIpc) is 3.30. The molecule has 2 heterocycles. The maximum Gasteiger partial charge on any atom is 0.334 e. The third-order valence-corrected chi connectivity index (χ3v) is 6.22. The smallest absolute Gasteiger partial charge is 0.334 e. The van der Waals surface area contributed by atoms with Crippen molar-refractivity contribution in [3.63, 3.8) is 0 Å². The molecule has 1 aromatic heterocycles. The van der Waals surface area contributed by atoms with Crippen LogP contribution in [0.2, 0.25) is 0 Å². The lowest BCUT2D eigenvalue weighted by Crippen LogP contribution is -2.47. The molecule has 1 aliphatic rings. The average molecular weight is 445 g/mol. The van der Waals surface area contributed by atoms with Gasteiger partial charge in [-0.25, -0.2) is 4.79 Å². The molecule has 3 aromatic carbocycles. The summed E-state index contributed by atoms with van der Waals surface area (Å²) >= 11 is 1.53. The van der Waals surface area contributed by atoms with Crippen LogP contribution in [0.3, 0.4) is 0 Å². The summed E-state index contributed by atoms with van der Waals surface area (Å²) in [6, 6.07) is 18.4. The topological polar surface area (TPSA) is 76.8 Å². The number of carbonyl (C=O) groups excluding carboxylic acids is 3. The minimum Gasteiger partial charge on any atom is -0.456 e. The fraction of sp³-hybridized carbons (Fsp3) is 0.160. The monoisotopic (exact) mass is 445 g/mol. The second kappa shape index (κ2) is 8.16. The number of nitrogens with zero attached hydrogens (tertiary/aromatic N) is 1. The molecular weight excluding hydrogens is 426 g/mol. The molecule has 0 aliphatic carbocycles. The van der Waals surface area contributed by atoms with Crippen molar-refractivity contribution in [3.8, 4) is 5.75 Å². The summed E-state index contributed by atoms with van der Waals surface area (Å²) in [6.45, 7) is 0. The number of fused-ring (bicyclic) bond motifs is 4. The van der Waals surface area contributed by atoms with Gasteiger partial charge in [-0.15, -0.1) is 0 Å². The van der Waals surface area contributed by atoms with Crippen molar-refractivity contribution in [1.29, 1.82) is 0 Å². The molecule has 0 N–H and O–H groups in total. The van der Waals surface area contributed by atoms with E-state index >= 15 is 0 Å². The lowest BCUT2D eigenvalue weighted by atomic mass is 10.1. The van der Waals surface area contributed by atoms with Gasteiger partial charge in [-0.1, -0.05) is 30.3 Å². The number of para-hydroxylation sites is 1. The number of thioether (sulfide) groups is 1. The zero-order valence-corrected chi connectivity index (χ0v) is 18.1. The molecular formula is C25H19NO5S. The van der Waals surface area contributed by atoms with E-state index in [2.05, 4.69) is 0 Å². The Balaban J connectivity index is 1.46. The highest BCUT2D eigenvalue weighted by Crippen LogP contribution is 2.32. The van der Waals surface area contributed by atoms with Crippen LogP contribution < -0.4 is 4.74 Å². The number of esters is 1. The number of benzene rings is 3. The van der Waals surface area contributed by atoms with Gasteiger partial charge in [0.15, 0.2) is 0 Å². The summed E-state index contributed by atoms with van der Waals surface area (Å²) in [5.41, 5.74) is 2.05. The first kappa shape index (κ1) is 20.3. The van der Waals surface area contributed by atoms with E-state index in [1.165, 1.54) is 11.8 Å². The van der Waals surface area contributed by atoms with E-state index in [1.807, 2.05) is 30.5 Å². The van der Waals surface area contributed by atoms with Crippen LogP contribution in [0.1, 0.15) is 27.1 Å². The summed E-state index contributed by atoms with van der Waals surface area (Å²) in [5.74, 6) is -0.645. The van der Waals surface area contributed by atoms with Crippen molar-refractivity contribution in [2.45, 2.75) is 12.5 Å². The highest BCUT2D eigenvalue weighted by molar-refractivity contribution is 7.98. The van der Waals surface area contributed by atoms with Crippen LogP contribution in [-0.2, 0) is 4.79 Å². The van der Waals surface area contributed by atoms with Crippen LogP contribution in [0.4, 0.5) is 0 Å². The van der Waals surface area contributed by atoms with E-state index in [0.29, 0.717) is 34.6 Å². The van der Waals surface area contributed by atoms with E-state index in [0.717, 1.165) is 21.3 Å². The Bertz CT molecular complexity index is 1340. The van der Waals surface area contributed by atoms with Crippen LogP contribution in [0.15, 0.2) is 71.1 Å². The third-order valence-electron chi connectivity index (χ3n) is 5.57. The molecule has 160 valence electrons. The van der Waals surface area contributed by atoms with Crippen molar-refractivity contribution < 1.29 is 23.5 Å². The molecule has 0 radical (unpaired) electrons. The first-order valence-corrected chi connectivity index (χ1v) is 11.6. The molecule has 0 spiro atoms. The van der Waals surface area contributed by atoms with Gasteiger partial charge in [-0.2, -0.15) is 11.8 Å². The SMILES string of the molecule is CSCC[C@H](C(=O)Oc1ccc2oc3ccccc3c2c1)N1C(=O)c2ccccc2C1=O. The molecule has 0 bridgehead atoms. The lowest BCUT2D eigenvalue weighted by Gasteiger charge is -2.24. The van der Waals surface area contributed by atoms with Gasteiger partial charge in [0.25, 0.3) is 11.8 Å². The third kappa shape index (κ3) is 3.35. The molecule has 32 heavy (non-hydrogen) atoms. The molecule has 7 heteroatoms. The van der Waals surface area contributed by atoms with Crippen molar-refractivity contribution in [2.24, 2.45) is 0 Å². The van der Waals surface area contributed by atoms with E-state index in [-0.39, 0.29) is 0 Å². The van der Waals surface area contributed by atoms with E-state index < -0.39 is 23.8 Å². The number of ether oxygens (including phenoxy) is 1. The van der Waals surface area contributed by atoms with Gasteiger partial charge in [0.2, 0.25) is 0 Å². The second-order valence-corrected chi connectivity index (χ2v) is 8.49. The Morgan fingerprint density at radius 1 is 0.938 bits per heavy atom. The molecule has 6 nitrogen and oxygen atoms in total.